The molecule has 6 heteroatoms. The third-order valence-corrected chi connectivity index (χ3v) is 5.43. The highest BCUT2D eigenvalue weighted by atomic mass is 32.1. The van der Waals surface area contributed by atoms with Gasteiger partial charge < -0.3 is 4.74 Å². The van der Waals surface area contributed by atoms with Crippen LogP contribution in [0.1, 0.15) is 46.0 Å². The molecule has 0 unspecified atom stereocenters. The lowest BCUT2D eigenvalue weighted by Gasteiger charge is -2.12. The topological polar surface area (TPSA) is 61.2 Å². The van der Waals surface area contributed by atoms with Crippen LogP contribution < -0.4 is 5.56 Å². The van der Waals surface area contributed by atoms with Crippen molar-refractivity contribution in [3.05, 3.63) is 62.0 Å². The lowest BCUT2D eigenvalue weighted by molar-refractivity contribution is 0.0378. The smallest absolute Gasteiger partial charge is 0.338 e. The number of ether oxygens (including phenoxy) is 1. The van der Waals surface area contributed by atoms with Crippen LogP contribution in [0.2, 0.25) is 0 Å². The molecule has 0 bridgehead atoms. The van der Waals surface area contributed by atoms with Gasteiger partial charge in [-0.15, -0.1) is 11.3 Å². The highest BCUT2D eigenvalue weighted by molar-refractivity contribution is 7.18. The van der Waals surface area contributed by atoms with Gasteiger partial charge in [-0.05, 0) is 57.9 Å². The van der Waals surface area contributed by atoms with Gasteiger partial charge in [-0.3, -0.25) is 9.36 Å². The number of aryl methyl sites for hydroxylation is 3. The van der Waals surface area contributed by atoms with Crippen LogP contribution in [0.5, 0.6) is 0 Å². The Morgan fingerprint density at radius 3 is 2.69 bits per heavy atom. The van der Waals surface area contributed by atoms with E-state index in [0.29, 0.717) is 23.3 Å². The van der Waals surface area contributed by atoms with Crippen molar-refractivity contribution in [2.75, 3.05) is 0 Å². The summed E-state index contributed by atoms with van der Waals surface area (Å²) in [4.78, 5) is 31.6. The number of aromatic nitrogens is 2. The van der Waals surface area contributed by atoms with Gasteiger partial charge in [0.25, 0.3) is 5.56 Å². The highest BCUT2D eigenvalue weighted by Crippen LogP contribution is 2.26. The maximum atomic E-state index is 13.0. The van der Waals surface area contributed by atoms with E-state index < -0.39 is 0 Å². The van der Waals surface area contributed by atoms with E-state index in [0.717, 1.165) is 20.8 Å². The van der Waals surface area contributed by atoms with Crippen molar-refractivity contribution >= 4 is 27.5 Å². The second kappa shape index (κ2) is 7.03. The normalized spacial score (nSPS) is 11.3. The van der Waals surface area contributed by atoms with E-state index in [2.05, 4.69) is 4.98 Å². The lowest BCUT2D eigenvalue weighted by Crippen LogP contribution is -2.24. The molecule has 2 aromatic heterocycles. The molecule has 2 heterocycles. The molecule has 0 spiro atoms. The Kier molecular flexibility index (Phi) is 4.96. The van der Waals surface area contributed by atoms with Gasteiger partial charge in [-0.1, -0.05) is 12.1 Å². The third kappa shape index (κ3) is 3.42. The van der Waals surface area contributed by atoms with E-state index in [-0.39, 0.29) is 17.6 Å². The summed E-state index contributed by atoms with van der Waals surface area (Å²) in [7, 11) is 0. The fourth-order valence-corrected chi connectivity index (χ4v) is 3.94. The summed E-state index contributed by atoms with van der Waals surface area (Å²) in [5, 5.41) is 0.688. The zero-order valence-electron chi connectivity index (χ0n) is 15.6. The standard InChI is InChI=1S/C20H22N2O3S/c1-11(2)25-20(24)16-8-6-7-15(9-16)10-22-14(5)21-18-17(19(22)23)12(3)13(4)26-18/h6-9,11H,10H2,1-5H3. The summed E-state index contributed by atoms with van der Waals surface area (Å²) in [5.74, 6) is 0.308. The van der Waals surface area contributed by atoms with Crippen LogP contribution in [-0.4, -0.2) is 21.6 Å². The average molecular weight is 370 g/mol. The third-order valence-electron chi connectivity index (χ3n) is 4.33. The van der Waals surface area contributed by atoms with Gasteiger partial charge in [-0.25, -0.2) is 9.78 Å². The number of carbonyl (C=O) groups excluding carboxylic acids is 1. The van der Waals surface area contributed by atoms with Crippen molar-refractivity contribution in [1.29, 1.82) is 0 Å². The number of fused-ring (bicyclic) bond motifs is 1. The van der Waals surface area contributed by atoms with Crippen molar-refractivity contribution in [1.82, 2.24) is 9.55 Å². The minimum absolute atomic E-state index is 0.0375. The van der Waals surface area contributed by atoms with E-state index in [1.54, 1.807) is 34.1 Å². The molecule has 0 aliphatic carbocycles. The zero-order chi connectivity index (χ0) is 19.0. The van der Waals surface area contributed by atoms with Gasteiger partial charge in [0.1, 0.15) is 10.7 Å². The number of esters is 1. The number of rotatable bonds is 4. The second-order valence-corrected chi connectivity index (χ2v) is 7.87. The predicted molar refractivity (Wildman–Crippen MR) is 104 cm³/mol. The van der Waals surface area contributed by atoms with E-state index in [9.17, 15) is 9.59 Å². The molecule has 1 aromatic carbocycles. The van der Waals surface area contributed by atoms with Crippen LogP contribution in [0.4, 0.5) is 0 Å². The number of thiophene rings is 1. The van der Waals surface area contributed by atoms with Crippen molar-refractivity contribution in [2.24, 2.45) is 0 Å². The molecule has 26 heavy (non-hydrogen) atoms. The summed E-state index contributed by atoms with van der Waals surface area (Å²) < 4.78 is 6.91. The van der Waals surface area contributed by atoms with Crippen molar-refractivity contribution in [2.45, 2.75) is 47.3 Å². The molecule has 0 aliphatic heterocycles. The monoisotopic (exact) mass is 370 g/mol. The van der Waals surface area contributed by atoms with Crippen molar-refractivity contribution in [3.8, 4) is 0 Å². The van der Waals surface area contributed by atoms with Gasteiger partial charge in [-0.2, -0.15) is 0 Å². The molecule has 5 nitrogen and oxygen atoms in total. The predicted octanol–water partition coefficient (Wildman–Crippen LogP) is 4.00. The largest absolute Gasteiger partial charge is 0.459 e. The first-order valence-electron chi connectivity index (χ1n) is 8.55. The fourth-order valence-electron chi connectivity index (χ4n) is 2.88. The Hall–Kier alpha value is -2.47. The van der Waals surface area contributed by atoms with E-state index >= 15 is 0 Å². The molecule has 3 aromatic rings. The molecular weight excluding hydrogens is 348 g/mol. The summed E-state index contributed by atoms with van der Waals surface area (Å²) in [6, 6.07) is 7.19. The summed E-state index contributed by atoms with van der Waals surface area (Å²) in [6.07, 6.45) is -0.174. The number of benzene rings is 1. The lowest BCUT2D eigenvalue weighted by atomic mass is 10.1. The van der Waals surface area contributed by atoms with Crippen LogP contribution >= 0.6 is 11.3 Å². The van der Waals surface area contributed by atoms with Crippen molar-refractivity contribution in [3.63, 3.8) is 0 Å². The molecule has 0 saturated heterocycles. The fraction of sp³-hybridized carbons (Fsp3) is 0.350. The first-order valence-corrected chi connectivity index (χ1v) is 9.36. The molecule has 0 radical (unpaired) electrons. The SMILES string of the molecule is Cc1sc2nc(C)n(Cc3cccc(C(=O)OC(C)C)c3)c(=O)c2c1C. The van der Waals surface area contributed by atoms with Crippen LogP contribution in [-0.2, 0) is 11.3 Å². The first-order chi connectivity index (χ1) is 12.3. The summed E-state index contributed by atoms with van der Waals surface area (Å²) >= 11 is 1.55. The van der Waals surface area contributed by atoms with Crippen LogP contribution in [0.15, 0.2) is 29.1 Å². The Morgan fingerprint density at radius 1 is 1.27 bits per heavy atom. The maximum absolute atomic E-state index is 13.0. The average Bonchev–Trinajstić information content (AvgIpc) is 2.85. The number of hydrogen-bond donors (Lipinski definition) is 0. The van der Waals surface area contributed by atoms with Gasteiger partial charge in [0, 0.05) is 4.88 Å². The number of carbonyl (C=O) groups is 1. The second-order valence-electron chi connectivity index (χ2n) is 6.67. The summed E-state index contributed by atoms with van der Waals surface area (Å²) in [6.45, 7) is 9.80. The maximum Gasteiger partial charge on any atom is 0.338 e. The molecule has 0 aliphatic rings. The molecule has 0 N–H and O–H groups in total. The molecule has 0 amide bonds. The van der Waals surface area contributed by atoms with Gasteiger partial charge in [0.05, 0.1) is 23.6 Å². The highest BCUT2D eigenvalue weighted by Gasteiger charge is 2.15. The van der Waals surface area contributed by atoms with Gasteiger partial charge in [0.15, 0.2) is 0 Å². The number of hydrogen-bond acceptors (Lipinski definition) is 5. The number of nitrogens with zero attached hydrogens (tertiary/aromatic N) is 2. The Morgan fingerprint density at radius 2 is 2.00 bits per heavy atom. The van der Waals surface area contributed by atoms with Crippen LogP contribution in [0.25, 0.3) is 10.2 Å². The minimum Gasteiger partial charge on any atom is -0.459 e. The quantitative estimate of drug-likeness (QED) is 0.651. The molecule has 0 atom stereocenters. The van der Waals surface area contributed by atoms with Gasteiger partial charge in [0.2, 0.25) is 0 Å². The molecular formula is C20H22N2O3S. The molecule has 0 fully saturated rings. The molecule has 136 valence electrons. The van der Waals surface area contributed by atoms with E-state index in [4.69, 9.17) is 4.74 Å². The van der Waals surface area contributed by atoms with Gasteiger partial charge >= 0.3 is 5.97 Å². The minimum atomic E-state index is -0.358. The Balaban J connectivity index is 2.01. The summed E-state index contributed by atoms with van der Waals surface area (Å²) in [5.41, 5.74) is 2.30. The first kappa shape index (κ1) is 18.3. The van der Waals surface area contributed by atoms with Crippen molar-refractivity contribution < 1.29 is 9.53 Å². The zero-order valence-corrected chi connectivity index (χ0v) is 16.4. The molecule has 3 rings (SSSR count). The Bertz CT molecular complexity index is 1050. The van der Waals surface area contributed by atoms with E-state index in [1.807, 2.05) is 40.7 Å². The molecule has 0 saturated carbocycles. The van der Waals surface area contributed by atoms with Crippen LogP contribution in [0.3, 0.4) is 0 Å². The van der Waals surface area contributed by atoms with E-state index in [1.165, 1.54) is 0 Å². The Labute approximate surface area is 156 Å². The van der Waals surface area contributed by atoms with Crippen LogP contribution in [0, 0.1) is 20.8 Å².